The first kappa shape index (κ1) is 25.4. The highest BCUT2D eigenvalue weighted by molar-refractivity contribution is 7.12. The standard InChI is InChI=1S/C26H33N5O2S/c1-5-21(11-6-16(2)33-25-18(4)34-26(31-25)20-9-10-20)30-24(32)23(15-28)17(3)29-22-12-7-19(14-27)8-13-22/h7-8,12-13,15-16,20-21H,5-6,9-11,28H2,1-4H3,(H,30,32)/t16-,21-/m0/s1. The van der Waals surface area contributed by atoms with Gasteiger partial charge in [-0.2, -0.15) is 5.26 Å². The Morgan fingerprint density at radius 3 is 2.68 bits per heavy atom. The molecule has 0 spiro atoms. The first-order chi connectivity index (χ1) is 16.3. The number of hydrogen-bond donors (Lipinski definition) is 2. The van der Waals surface area contributed by atoms with Crippen LogP contribution in [0.1, 0.15) is 74.2 Å². The number of amides is 1. The number of rotatable bonds is 11. The number of carbonyl (C=O) groups excluding carboxylic acids is 1. The van der Waals surface area contributed by atoms with Crippen molar-refractivity contribution in [2.24, 2.45) is 10.7 Å². The van der Waals surface area contributed by atoms with Crippen molar-refractivity contribution in [1.29, 1.82) is 5.26 Å². The van der Waals surface area contributed by atoms with Gasteiger partial charge in [0.1, 0.15) is 5.01 Å². The van der Waals surface area contributed by atoms with Gasteiger partial charge in [-0.3, -0.25) is 9.79 Å². The summed E-state index contributed by atoms with van der Waals surface area (Å²) in [6, 6.07) is 8.92. The number of aliphatic imine (C=N–C) groups is 1. The molecule has 1 aliphatic rings. The molecule has 3 N–H and O–H groups in total. The molecule has 1 amide bonds. The van der Waals surface area contributed by atoms with Gasteiger partial charge in [0.05, 0.1) is 39.6 Å². The molecule has 34 heavy (non-hydrogen) atoms. The zero-order valence-corrected chi connectivity index (χ0v) is 21.1. The lowest BCUT2D eigenvalue weighted by Gasteiger charge is -2.20. The Labute approximate surface area is 205 Å². The smallest absolute Gasteiger partial charge is 0.254 e. The number of nitriles is 1. The summed E-state index contributed by atoms with van der Waals surface area (Å²) in [5.74, 6) is 1.13. The highest BCUT2D eigenvalue weighted by Crippen LogP contribution is 2.44. The summed E-state index contributed by atoms with van der Waals surface area (Å²) in [4.78, 5) is 23.2. The number of nitrogens with two attached hydrogens (primary N) is 1. The minimum Gasteiger partial charge on any atom is -0.474 e. The second-order valence-electron chi connectivity index (χ2n) is 8.71. The van der Waals surface area contributed by atoms with E-state index in [-0.39, 0.29) is 18.1 Å². The molecule has 0 radical (unpaired) electrons. The van der Waals surface area contributed by atoms with Crippen molar-refractivity contribution in [2.75, 3.05) is 0 Å². The number of ether oxygens (including phenoxy) is 1. The Kier molecular flexibility index (Phi) is 8.83. The highest BCUT2D eigenvalue weighted by atomic mass is 32.1. The highest BCUT2D eigenvalue weighted by Gasteiger charge is 2.28. The van der Waals surface area contributed by atoms with E-state index >= 15 is 0 Å². The van der Waals surface area contributed by atoms with Crippen LogP contribution in [0.25, 0.3) is 0 Å². The summed E-state index contributed by atoms with van der Waals surface area (Å²) < 4.78 is 6.11. The van der Waals surface area contributed by atoms with Gasteiger partial charge in [-0.15, -0.1) is 11.3 Å². The van der Waals surface area contributed by atoms with Crippen LogP contribution in [0.5, 0.6) is 5.88 Å². The molecule has 8 heteroatoms. The van der Waals surface area contributed by atoms with Crippen molar-refractivity contribution >= 4 is 28.6 Å². The number of thiazole rings is 1. The molecule has 2 aromatic rings. The van der Waals surface area contributed by atoms with Crippen molar-refractivity contribution in [3.8, 4) is 11.9 Å². The van der Waals surface area contributed by atoms with Crippen molar-refractivity contribution in [3.05, 3.63) is 51.5 Å². The van der Waals surface area contributed by atoms with Gasteiger partial charge < -0.3 is 15.8 Å². The maximum absolute atomic E-state index is 12.9. The molecule has 0 unspecified atom stereocenters. The van der Waals surface area contributed by atoms with Crippen LogP contribution in [0.4, 0.5) is 5.69 Å². The van der Waals surface area contributed by atoms with E-state index in [0.29, 0.717) is 28.5 Å². The van der Waals surface area contributed by atoms with Crippen LogP contribution in [0.3, 0.4) is 0 Å². The Morgan fingerprint density at radius 2 is 2.09 bits per heavy atom. The normalized spacial score (nSPS) is 16.0. The fourth-order valence-electron chi connectivity index (χ4n) is 3.57. The quantitative estimate of drug-likeness (QED) is 0.336. The predicted molar refractivity (Wildman–Crippen MR) is 137 cm³/mol. The van der Waals surface area contributed by atoms with Crippen molar-refractivity contribution in [3.63, 3.8) is 0 Å². The SMILES string of the molecule is CC[C@@H](CC[C@H](C)Oc1nc(C2CC2)sc1C)NC(=O)C(=CN)C(C)=Nc1ccc(C#N)cc1. The van der Waals surface area contributed by atoms with Crippen LogP contribution < -0.4 is 15.8 Å². The topological polar surface area (TPSA) is 113 Å². The molecule has 2 atom stereocenters. The average Bonchev–Trinajstić information content (AvgIpc) is 3.61. The van der Waals surface area contributed by atoms with Crippen molar-refractivity contribution in [2.45, 2.75) is 77.9 Å². The van der Waals surface area contributed by atoms with E-state index in [4.69, 9.17) is 15.7 Å². The van der Waals surface area contributed by atoms with E-state index in [9.17, 15) is 4.79 Å². The lowest BCUT2D eigenvalue weighted by molar-refractivity contribution is -0.117. The number of nitrogens with zero attached hydrogens (tertiary/aromatic N) is 3. The van der Waals surface area contributed by atoms with E-state index < -0.39 is 0 Å². The fourth-order valence-corrected chi connectivity index (χ4v) is 4.59. The fraction of sp³-hybridized carbons (Fsp3) is 0.462. The summed E-state index contributed by atoms with van der Waals surface area (Å²) in [5, 5.41) is 13.2. The van der Waals surface area contributed by atoms with Gasteiger partial charge in [-0.05, 0) is 77.1 Å². The molecule has 0 bridgehead atoms. The third kappa shape index (κ3) is 6.91. The lowest BCUT2D eigenvalue weighted by atomic mass is 10.0. The summed E-state index contributed by atoms with van der Waals surface area (Å²) in [6.07, 6.45) is 6.14. The van der Waals surface area contributed by atoms with Crippen LogP contribution in [-0.4, -0.2) is 28.7 Å². The molecule has 0 saturated heterocycles. The Bertz CT molecular complexity index is 1090. The lowest BCUT2D eigenvalue weighted by Crippen LogP contribution is -2.37. The first-order valence-electron chi connectivity index (χ1n) is 11.8. The summed E-state index contributed by atoms with van der Waals surface area (Å²) in [5.41, 5.74) is 7.83. The molecule has 7 nitrogen and oxygen atoms in total. The molecule has 0 aliphatic heterocycles. The Hall–Kier alpha value is -3.18. The maximum atomic E-state index is 12.9. The molecule has 1 fully saturated rings. The zero-order chi connectivity index (χ0) is 24.7. The van der Waals surface area contributed by atoms with Crippen LogP contribution in [0.15, 0.2) is 41.0 Å². The molecular weight excluding hydrogens is 446 g/mol. The number of benzene rings is 1. The Morgan fingerprint density at radius 1 is 1.38 bits per heavy atom. The molecule has 1 aromatic carbocycles. The van der Waals surface area contributed by atoms with Crippen LogP contribution in [0, 0.1) is 18.3 Å². The number of aromatic nitrogens is 1. The summed E-state index contributed by atoms with van der Waals surface area (Å²) >= 11 is 1.74. The van der Waals surface area contributed by atoms with Gasteiger partial charge in [-0.1, -0.05) is 6.92 Å². The second kappa shape index (κ2) is 11.8. The average molecular weight is 480 g/mol. The van der Waals surface area contributed by atoms with Gasteiger partial charge in [-0.25, -0.2) is 4.98 Å². The van der Waals surface area contributed by atoms with Crippen molar-refractivity contribution in [1.82, 2.24) is 10.3 Å². The minimum absolute atomic E-state index is 0.00278. The molecule has 1 saturated carbocycles. The molecule has 1 aromatic heterocycles. The van der Waals surface area contributed by atoms with Gasteiger partial charge in [0.2, 0.25) is 5.88 Å². The van der Waals surface area contributed by atoms with Gasteiger partial charge in [0.25, 0.3) is 5.91 Å². The number of nitrogens with one attached hydrogen (secondary N) is 1. The van der Waals surface area contributed by atoms with Gasteiger partial charge in [0.15, 0.2) is 0 Å². The molecule has 1 heterocycles. The number of hydrogen-bond acceptors (Lipinski definition) is 7. The van der Waals surface area contributed by atoms with E-state index in [1.807, 2.05) is 13.8 Å². The first-order valence-corrected chi connectivity index (χ1v) is 12.6. The number of aryl methyl sites for hydroxylation is 1. The van der Waals surface area contributed by atoms with Crippen molar-refractivity contribution < 1.29 is 9.53 Å². The van der Waals surface area contributed by atoms with Gasteiger partial charge >= 0.3 is 0 Å². The van der Waals surface area contributed by atoms with Crippen LogP contribution >= 0.6 is 11.3 Å². The third-order valence-electron chi connectivity index (χ3n) is 5.85. The van der Waals surface area contributed by atoms with Gasteiger partial charge in [0, 0.05) is 18.2 Å². The summed E-state index contributed by atoms with van der Waals surface area (Å²) in [6.45, 7) is 7.90. The van der Waals surface area contributed by atoms with Crippen LogP contribution in [-0.2, 0) is 4.79 Å². The molecule has 180 valence electrons. The van der Waals surface area contributed by atoms with E-state index in [2.05, 4.69) is 28.3 Å². The third-order valence-corrected chi connectivity index (χ3v) is 6.97. The van der Waals surface area contributed by atoms with E-state index in [1.165, 1.54) is 24.0 Å². The summed E-state index contributed by atoms with van der Waals surface area (Å²) in [7, 11) is 0. The predicted octanol–water partition coefficient (Wildman–Crippen LogP) is 5.28. The van der Waals surface area contributed by atoms with Crippen LogP contribution in [0.2, 0.25) is 0 Å². The molecular formula is C26H33N5O2S. The second-order valence-corrected chi connectivity index (χ2v) is 9.94. The monoisotopic (exact) mass is 479 g/mol. The minimum atomic E-state index is -0.248. The zero-order valence-electron chi connectivity index (χ0n) is 20.3. The van der Waals surface area contributed by atoms with E-state index in [0.717, 1.165) is 30.0 Å². The Balaban J connectivity index is 1.53. The maximum Gasteiger partial charge on any atom is 0.254 e. The number of carbonyl (C=O) groups is 1. The molecule has 3 rings (SSSR count). The van der Waals surface area contributed by atoms with E-state index in [1.54, 1.807) is 42.5 Å². The molecule has 1 aliphatic carbocycles. The largest absolute Gasteiger partial charge is 0.474 e.